The lowest BCUT2D eigenvalue weighted by Gasteiger charge is -2.11. The van der Waals surface area contributed by atoms with E-state index in [1.807, 2.05) is 30.3 Å². The third-order valence-electron chi connectivity index (χ3n) is 3.66. The first-order valence-electron chi connectivity index (χ1n) is 7.23. The van der Waals surface area contributed by atoms with Crippen LogP contribution in [0.3, 0.4) is 0 Å². The number of benzene rings is 2. The number of nitrogens with zero attached hydrogens (tertiary/aromatic N) is 2. The Kier molecular flexibility index (Phi) is 4.13. The molecule has 0 spiro atoms. The summed E-state index contributed by atoms with van der Waals surface area (Å²) >= 11 is 0. The number of pyridine rings is 1. The molecule has 118 valence electrons. The van der Waals surface area contributed by atoms with Crippen molar-refractivity contribution in [3.63, 3.8) is 0 Å². The average molecular weight is 319 g/mol. The lowest BCUT2D eigenvalue weighted by Crippen LogP contribution is -2.00. The number of hydrogen-bond donors (Lipinski definition) is 1. The molecular weight excluding hydrogens is 305 g/mol. The first kappa shape index (κ1) is 15.5. The van der Waals surface area contributed by atoms with Crippen LogP contribution in [-0.2, 0) is 0 Å². The quantitative estimate of drug-likeness (QED) is 0.791. The van der Waals surface area contributed by atoms with E-state index < -0.39 is 0 Å². The molecule has 0 saturated heterocycles. The molecule has 1 heterocycles. The number of nitrogens with two attached hydrogens (primary N) is 1. The number of aromatic nitrogens is 1. The zero-order chi connectivity index (χ0) is 17.1. The maximum absolute atomic E-state index is 13.6. The largest absolute Gasteiger partial charge is 0.497 e. The molecule has 5 heteroatoms. The van der Waals surface area contributed by atoms with Crippen molar-refractivity contribution in [1.29, 1.82) is 5.26 Å². The van der Waals surface area contributed by atoms with Gasteiger partial charge in [0.1, 0.15) is 29.0 Å². The van der Waals surface area contributed by atoms with E-state index in [4.69, 9.17) is 10.5 Å². The maximum Gasteiger partial charge on any atom is 0.142 e. The van der Waals surface area contributed by atoms with Crippen LogP contribution in [0, 0.1) is 17.1 Å². The molecule has 2 aromatic carbocycles. The maximum atomic E-state index is 13.6. The summed E-state index contributed by atoms with van der Waals surface area (Å²) in [6, 6.07) is 17.2. The van der Waals surface area contributed by atoms with Crippen molar-refractivity contribution in [2.45, 2.75) is 0 Å². The van der Waals surface area contributed by atoms with Gasteiger partial charge < -0.3 is 10.5 Å². The van der Waals surface area contributed by atoms with E-state index in [0.29, 0.717) is 22.6 Å². The normalized spacial score (nSPS) is 10.2. The van der Waals surface area contributed by atoms with Crippen LogP contribution in [0.2, 0.25) is 0 Å². The van der Waals surface area contributed by atoms with Crippen LogP contribution < -0.4 is 10.5 Å². The second kappa shape index (κ2) is 6.39. The molecule has 24 heavy (non-hydrogen) atoms. The van der Waals surface area contributed by atoms with Gasteiger partial charge in [-0.2, -0.15) is 5.26 Å². The molecule has 0 amide bonds. The fourth-order valence-corrected chi connectivity index (χ4v) is 2.50. The summed E-state index contributed by atoms with van der Waals surface area (Å²) < 4.78 is 18.8. The van der Waals surface area contributed by atoms with Gasteiger partial charge in [-0.25, -0.2) is 9.37 Å². The first-order chi connectivity index (χ1) is 11.6. The Labute approximate surface area is 139 Å². The lowest BCUT2D eigenvalue weighted by molar-refractivity contribution is 0.415. The monoisotopic (exact) mass is 319 g/mol. The van der Waals surface area contributed by atoms with E-state index in [1.165, 1.54) is 12.1 Å². The Hall–Kier alpha value is -3.39. The zero-order valence-corrected chi connectivity index (χ0v) is 13.0. The second-order valence-electron chi connectivity index (χ2n) is 5.17. The van der Waals surface area contributed by atoms with Crippen LogP contribution in [0.5, 0.6) is 5.75 Å². The fourth-order valence-electron chi connectivity index (χ4n) is 2.50. The summed E-state index contributed by atoms with van der Waals surface area (Å²) in [7, 11) is 1.58. The molecule has 0 bridgehead atoms. The number of rotatable bonds is 3. The van der Waals surface area contributed by atoms with Crippen LogP contribution in [0.25, 0.3) is 22.4 Å². The molecule has 0 aliphatic carbocycles. The van der Waals surface area contributed by atoms with Crippen molar-refractivity contribution >= 4 is 5.82 Å². The Bertz CT molecular complexity index is 948. The van der Waals surface area contributed by atoms with Crippen molar-refractivity contribution in [2.24, 2.45) is 0 Å². The Morgan fingerprint density at radius 1 is 1.08 bits per heavy atom. The first-order valence-corrected chi connectivity index (χ1v) is 7.23. The van der Waals surface area contributed by atoms with Gasteiger partial charge in [0.05, 0.1) is 12.8 Å². The summed E-state index contributed by atoms with van der Waals surface area (Å²) in [6.07, 6.45) is 0. The molecule has 3 rings (SSSR count). The summed E-state index contributed by atoms with van der Waals surface area (Å²) in [5.41, 5.74) is 8.69. The minimum Gasteiger partial charge on any atom is -0.497 e. The predicted octanol–water partition coefficient (Wildman–Crippen LogP) is 4.02. The third kappa shape index (κ3) is 2.90. The molecule has 0 unspecified atom stereocenters. The minimum atomic E-state index is -0.380. The molecule has 0 radical (unpaired) electrons. The highest BCUT2D eigenvalue weighted by Crippen LogP contribution is 2.32. The second-order valence-corrected chi connectivity index (χ2v) is 5.17. The van der Waals surface area contributed by atoms with Gasteiger partial charge in [-0.3, -0.25) is 0 Å². The molecular formula is C19H14FN3O. The minimum absolute atomic E-state index is 0.108. The van der Waals surface area contributed by atoms with Crippen LogP contribution >= 0.6 is 0 Å². The summed E-state index contributed by atoms with van der Waals surface area (Å²) in [4.78, 5) is 4.30. The number of nitrogen functional groups attached to an aromatic ring is 1. The Morgan fingerprint density at radius 2 is 1.83 bits per heavy atom. The van der Waals surface area contributed by atoms with Gasteiger partial charge in [0, 0.05) is 11.1 Å². The number of methoxy groups -OCH3 is 1. The van der Waals surface area contributed by atoms with Crippen molar-refractivity contribution in [3.05, 3.63) is 66.0 Å². The SMILES string of the molecule is COc1cccc(-c2cc(-c3cccc(F)c3)c(C#N)c(N)n2)c1. The average Bonchev–Trinajstić information content (AvgIpc) is 2.61. The van der Waals surface area contributed by atoms with Crippen LogP contribution in [0.1, 0.15) is 5.56 Å². The molecule has 1 aromatic heterocycles. The molecule has 3 aromatic rings. The number of hydrogen-bond acceptors (Lipinski definition) is 4. The highest BCUT2D eigenvalue weighted by molar-refractivity contribution is 5.80. The van der Waals surface area contributed by atoms with E-state index in [0.717, 1.165) is 5.56 Å². The molecule has 0 saturated carbocycles. The van der Waals surface area contributed by atoms with Crippen LogP contribution in [0.4, 0.5) is 10.2 Å². The van der Waals surface area contributed by atoms with Gasteiger partial charge >= 0.3 is 0 Å². The molecule has 0 aliphatic heterocycles. The number of nitriles is 1. The van der Waals surface area contributed by atoms with E-state index >= 15 is 0 Å². The lowest BCUT2D eigenvalue weighted by atomic mass is 9.98. The zero-order valence-electron chi connectivity index (χ0n) is 13.0. The number of ether oxygens (including phenoxy) is 1. The van der Waals surface area contributed by atoms with E-state index in [9.17, 15) is 9.65 Å². The van der Waals surface area contributed by atoms with Gasteiger partial charge in [0.15, 0.2) is 0 Å². The van der Waals surface area contributed by atoms with Gasteiger partial charge in [-0.05, 0) is 35.9 Å². The van der Waals surface area contributed by atoms with Gasteiger partial charge in [-0.1, -0.05) is 24.3 Å². The summed E-state index contributed by atoms with van der Waals surface area (Å²) in [5, 5.41) is 9.39. The smallest absolute Gasteiger partial charge is 0.142 e. The molecule has 0 fully saturated rings. The van der Waals surface area contributed by atoms with Crippen molar-refractivity contribution in [2.75, 3.05) is 12.8 Å². The van der Waals surface area contributed by atoms with Crippen LogP contribution in [-0.4, -0.2) is 12.1 Å². The molecule has 0 aliphatic rings. The Balaban J connectivity index is 2.22. The Morgan fingerprint density at radius 3 is 2.54 bits per heavy atom. The van der Waals surface area contributed by atoms with Crippen molar-refractivity contribution < 1.29 is 9.13 Å². The van der Waals surface area contributed by atoms with Crippen LogP contribution in [0.15, 0.2) is 54.6 Å². The van der Waals surface area contributed by atoms with E-state index in [2.05, 4.69) is 4.98 Å². The van der Waals surface area contributed by atoms with Gasteiger partial charge in [-0.15, -0.1) is 0 Å². The molecule has 4 nitrogen and oxygen atoms in total. The highest BCUT2D eigenvalue weighted by Gasteiger charge is 2.14. The van der Waals surface area contributed by atoms with E-state index in [1.54, 1.807) is 25.3 Å². The molecule has 0 atom stereocenters. The van der Waals surface area contributed by atoms with Gasteiger partial charge in [0.2, 0.25) is 0 Å². The van der Waals surface area contributed by atoms with E-state index in [-0.39, 0.29) is 17.2 Å². The van der Waals surface area contributed by atoms with Gasteiger partial charge in [0.25, 0.3) is 0 Å². The third-order valence-corrected chi connectivity index (χ3v) is 3.66. The topological polar surface area (TPSA) is 71.9 Å². The summed E-state index contributed by atoms with van der Waals surface area (Å²) in [5.74, 6) is 0.413. The number of anilines is 1. The van der Waals surface area contributed by atoms with Crippen molar-refractivity contribution in [3.8, 4) is 34.2 Å². The summed E-state index contributed by atoms with van der Waals surface area (Å²) in [6.45, 7) is 0. The fraction of sp³-hybridized carbons (Fsp3) is 0.0526. The van der Waals surface area contributed by atoms with Crippen molar-refractivity contribution in [1.82, 2.24) is 4.98 Å². The molecule has 2 N–H and O–H groups in total. The highest BCUT2D eigenvalue weighted by atomic mass is 19.1. The standard InChI is InChI=1S/C19H14FN3O/c1-24-15-7-3-5-13(9-15)18-10-16(17(11-21)19(22)23-18)12-4-2-6-14(20)8-12/h2-10H,1H3,(H2,22,23). The number of halogens is 1. The predicted molar refractivity (Wildman–Crippen MR) is 90.7 cm³/mol.